The first-order chi connectivity index (χ1) is 7.65. The molecule has 0 aromatic heterocycles. The maximum atomic E-state index is 11.2. The van der Waals surface area contributed by atoms with Gasteiger partial charge in [0, 0.05) is 12.0 Å². The molecule has 0 aliphatic heterocycles. The molecule has 0 aliphatic rings. The van der Waals surface area contributed by atoms with Crippen LogP contribution in [-0.2, 0) is 14.3 Å². The van der Waals surface area contributed by atoms with Crippen LogP contribution < -0.4 is 0 Å². The van der Waals surface area contributed by atoms with Crippen molar-refractivity contribution in [1.82, 2.24) is 0 Å². The molecule has 0 fully saturated rings. The summed E-state index contributed by atoms with van der Waals surface area (Å²) in [6, 6.07) is 8.43. The lowest BCUT2D eigenvalue weighted by Crippen LogP contribution is -2.19. The summed E-state index contributed by atoms with van der Waals surface area (Å²) in [5.74, 6) is -1.64. The molecule has 0 radical (unpaired) electrons. The molecule has 0 saturated heterocycles. The van der Waals surface area contributed by atoms with E-state index in [0.717, 1.165) is 0 Å². The molecule has 86 valence electrons. The van der Waals surface area contributed by atoms with E-state index in [0.29, 0.717) is 12.0 Å². The van der Waals surface area contributed by atoms with Gasteiger partial charge in [-0.3, -0.25) is 4.79 Å². The summed E-state index contributed by atoms with van der Waals surface area (Å²) in [5, 5.41) is 8.97. The van der Waals surface area contributed by atoms with Crippen molar-refractivity contribution in [3.8, 4) is 0 Å². The van der Waals surface area contributed by atoms with E-state index in [1.165, 1.54) is 0 Å². The second-order valence-corrected chi connectivity index (χ2v) is 3.37. The fraction of sp³-hybridized carbons (Fsp3) is 0.333. The van der Waals surface area contributed by atoms with Crippen LogP contribution in [0.4, 0.5) is 0 Å². The Kier molecular flexibility index (Phi) is 4.51. The molecule has 0 heterocycles. The Hall–Kier alpha value is -1.84. The number of rotatable bonds is 5. The monoisotopic (exact) mass is 222 g/mol. The maximum Gasteiger partial charge on any atom is 0.349 e. The highest BCUT2D eigenvalue weighted by Crippen LogP contribution is 2.18. The van der Waals surface area contributed by atoms with Gasteiger partial charge in [-0.2, -0.15) is 0 Å². The predicted molar refractivity (Wildman–Crippen MR) is 57.8 cm³/mol. The van der Waals surface area contributed by atoms with Crippen LogP contribution in [0.15, 0.2) is 30.3 Å². The summed E-state index contributed by atoms with van der Waals surface area (Å²) in [6.07, 6.45) is -0.336. The van der Waals surface area contributed by atoms with Gasteiger partial charge in [-0.05, 0) is 6.42 Å². The largest absolute Gasteiger partial charge is 0.478 e. The quantitative estimate of drug-likeness (QED) is 0.775. The van der Waals surface area contributed by atoms with Crippen LogP contribution in [0.3, 0.4) is 0 Å². The van der Waals surface area contributed by atoms with Crippen molar-refractivity contribution in [2.75, 3.05) is 0 Å². The highest BCUT2D eigenvalue weighted by Gasteiger charge is 2.23. The number of carbonyl (C=O) groups excluding carboxylic acids is 1. The number of esters is 1. The zero-order valence-corrected chi connectivity index (χ0v) is 9.05. The van der Waals surface area contributed by atoms with Crippen LogP contribution in [0, 0.1) is 0 Å². The zero-order valence-electron chi connectivity index (χ0n) is 9.05. The van der Waals surface area contributed by atoms with Crippen molar-refractivity contribution in [3.63, 3.8) is 0 Å². The third-order valence-electron chi connectivity index (χ3n) is 2.03. The summed E-state index contributed by atoms with van der Waals surface area (Å²) in [7, 11) is 0. The minimum absolute atomic E-state index is 0.233. The summed E-state index contributed by atoms with van der Waals surface area (Å²) >= 11 is 0. The maximum absolute atomic E-state index is 11.2. The van der Waals surface area contributed by atoms with E-state index < -0.39 is 18.0 Å². The molecule has 1 atom stereocenters. The van der Waals surface area contributed by atoms with Crippen LogP contribution in [0.5, 0.6) is 0 Å². The molecule has 0 aliphatic carbocycles. The number of hydrogen-bond acceptors (Lipinski definition) is 3. The van der Waals surface area contributed by atoms with Crippen LogP contribution in [0.2, 0.25) is 0 Å². The van der Waals surface area contributed by atoms with E-state index in [2.05, 4.69) is 0 Å². The minimum Gasteiger partial charge on any atom is -0.478 e. The van der Waals surface area contributed by atoms with E-state index in [1.807, 2.05) is 6.92 Å². The van der Waals surface area contributed by atoms with Gasteiger partial charge in [0.15, 0.2) is 0 Å². The Morgan fingerprint density at radius 3 is 2.44 bits per heavy atom. The smallest absolute Gasteiger partial charge is 0.349 e. The van der Waals surface area contributed by atoms with Crippen molar-refractivity contribution < 1.29 is 19.4 Å². The van der Waals surface area contributed by atoms with Crippen LogP contribution in [0.25, 0.3) is 0 Å². The van der Waals surface area contributed by atoms with Crippen LogP contribution >= 0.6 is 0 Å². The highest BCUT2D eigenvalue weighted by atomic mass is 16.6. The molecule has 1 unspecified atom stereocenters. The van der Waals surface area contributed by atoms with Gasteiger partial charge in [0.25, 0.3) is 0 Å². The van der Waals surface area contributed by atoms with E-state index in [-0.39, 0.29) is 6.42 Å². The van der Waals surface area contributed by atoms with Gasteiger partial charge in [0.2, 0.25) is 6.10 Å². The molecule has 0 saturated carbocycles. The Morgan fingerprint density at radius 2 is 1.94 bits per heavy atom. The summed E-state index contributed by atoms with van der Waals surface area (Å²) in [4.78, 5) is 22.2. The lowest BCUT2D eigenvalue weighted by Gasteiger charge is -2.13. The first-order valence-corrected chi connectivity index (χ1v) is 5.12. The third-order valence-corrected chi connectivity index (χ3v) is 2.03. The molecule has 0 amide bonds. The second-order valence-electron chi connectivity index (χ2n) is 3.37. The van der Waals surface area contributed by atoms with E-state index in [9.17, 15) is 9.59 Å². The van der Waals surface area contributed by atoms with Crippen LogP contribution in [0.1, 0.15) is 31.4 Å². The minimum atomic E-state index is -1.21. The molecule has 4 heteroatoms. The molecule has 16 heavy (non-hydrogen) atoms. The summed E-state index contributed by atoms with van der Waals surface area (Å²) in [5.41, 5.74) is 0.472. The number of carbonyl (C=O) groups is 2. The molecule has 1 aromatic rings. The van der Waals surface area contributed by atoms with E-state index in [1.54, 1.807) is 30.3 Å². The summed E-state index contributed by atoms with van der Waals surface area (Å²) < 4.78 is 4.90. The standard InChI is InChI=1S/C12H14O4/c1-2-6-10(13)16-11(12(14)15)9-7-4-3-5-8-9/h3-5,7-8,11H,2,6H2,1H3,(H,14,15). The zero-order chi connectivity index (χ0) is 12.0. The van der Waals surface area contributed by atoms with Crippen molar-refractivity contribution in [2.24, 2.45) is 0 Å². The van der Waals surface area contributed by atoms with Gasteiger partial charge in [-0.1, -0.05) is 37.3 Å². The number of ether oxygens (including phenoxy) is 1. The third kappa shape index (κ3) is 3.38. The van der Waals surface area contributed by atoms with Crippen molar-refractivity contribution in [2.45, 2.75) is 25.9 Å². The Balaban J connectivity index is 2.77. The number of aliphatic carboxylic acids is 1. The average Bonchev–Trinajstić information content (AvgIpc) is 2.27. The topological polar surface area (TPSA) is 63.6 Å². The fourth-order valence-corrected chi connectivity index (χ4v) is 1.28. The molecule has 1 rings (SSSR count). The first-order valence-electron chi connectivity index (χ1n) is 5.12. The molecule has 1 aromatic carbocycles. The van der Waals surface area contributed by atoms with Gasteiger partial charge < -0.3 is 9.84 Å². The van der Waals surface area contributed by atoms with Gasteiger partial charge in [0.1, 0.15) is 0 Å². The van der Waals surface area contributed by atoms with Gasteiger partial charge in [0.05, 0.1) is 0 Å². The SMILES string of the molecule is CCCC(=O)OC(C(=O)O)c1ccccc1. The summed E-state index contributed by atoms with van der Waals surface area (Å²) in [6.45, 7) is 1.83. The number of hydrogen-bond donors (Lipinski definition) is 1. The predicted octanol–water partition coefficient (Wildman–Crippen LogP) is 2.16. The first kappa shape index (κ1) is 12.2. The normalized spacial score (nSPS) is 11.8. The van der Waals surface area contributed by atoms with Crippen molar-refractivity contribution >= 4 is 11.9 Å². The van der Waals surface area contributed by atoms with E-state index in [4.69, 9.17) is 9.84 Å². The van der Waals surface area contributed by atoms with Crippen molar-refractivity contribution in [1.29, 1.82) is 0 Å². The van der Waals surface area contributed by atoms with Crippen molar-refractivity contribution in [3.05, 3.63) is 35.9 Å². The van der Waals surface area contributed by atoms with Gasteiger partial charge in [-0.15, -0.1) is 0 Å². The highest BCUT2D eigenvalue weighted by molar-refractivity contribution is 5.79. The molecular weight excluding hydrogens is 208 g/mol. The lowest BCUT2D eigenvalue weighted by atomic mass is 10.1. The Morgan fingerprint density at radius 1 is 1.31 bits per heavy atom. The van der Waals surface area contributed by atoms with E-state index >= 15 is 0 Å². The van der Waals surface area contributed by atoms with Crippen LogP contribution in [-0.4, -0.2) is 17.0 Å². The average molecular weight is 222 g/mol. The molecule has 4 nitrogen and oxygen atoms in total. The Labute approximate surface area is 93.9 Å². The lowest BCUT2D eigenvalue weighted by molar-refractivity contribution is -0.164. The molecule has 0 spiro atoms. The number of carboxylic acid groups (broad SMARTS) is 1. The fourth-order valence-electron chi connectivity index (χ4n) is 1.28. The van der Waals surface area contributed by atoms with Gasteiger partial charge in [-0.25, -0.2) is 4.79 Å². The molecule has 0 bridgehead atoms. The Bertz CT molecular complexity index is 359. The number of carboxylic acids is 1. The number of benzene rings is 1. The van der Waals surface area contributed by atoms with Gasteiger partial charge >= 0.3 is 11.9 Å². The second kappa shape index (κ2) is 5.90. The molecular formula is C12H14O4. The molecule has 1 N–H and O–H groups in total.